The van der Waals surface area contributed by atoms with Gasteiger partial charge in [0.25, 0.3) is 0 Å². The summed E-state index contributed by atoms with van der Waals surface area (Å²) in [6.07, 6.45) is 10.5. The van der Waals surface area contributed by atoms with Crippen LogP contribution in [-0.2, 0) is 6.42 Å². The van der Waals surface area contributed by atoms with Crippen LogP contribution < -0.4 is 0 Å². The van der Waals surface area contributed by atoms with Crippen LogP contribution in [0.15, 0.2) is 36.4 Å². The minimum absolute atomic E-state index is 0.732. The Kier molecular flexibility index (Phi) is 6.03. The molecule has 0 amide bonds. The largest absolute Gasteiger partial charge is 0.192 e. The summed E-state index contributed by atoms with van der Waals surface area (Å²) in [5.41, 5.74) is 2.00. The lowest BCUT2D eigenvalue weighted by Crippen LogP contribution is -1.81. The first-order valence-corrected chi connectivity index (χ1v) is 6.01. The van der Waals surface area contributed by atoms with E-state index in [4.69, 9.17) is 5.26 Å². The maximum atomic E-state index is 8.66. The molecule has 0 saturated heterocycles. The Balaban J connectivity index is 2.29. The SMILES string of the molecule is CCCCCC=CCc1ccc(C#N)cc1. The van der Waals surface area contributed by atoms with Gasteiger partial charge < -0.3 is 0 Å². The van der Waals surface area contributed by atoms with Gasteiger partial charge in [0.1, 0.15) is 0 Å². The first-order valence-electron chi connectivity index (χ1n) is 6.01. The Morgan fingerprint density at radius 3 is 2.50 bits per heavy atom. The number of unbranched alkanes of at least 4 members (excludes halogenated alkanes) is 3. The van der Waals surface area contributed by atoms with Gasteiger partial charge in [-0.3, -0.25) is 0 Å². The Bertz CT molecular complexity index is 354. The number of hydrogen-bond acceptors (Lipinski definition) is 1. The molecule has 0 saturated carbocycles. The molecule has 0 aromatic heterocycles. The zero-order valence-electron chi connectivity index (χ0n) is 9.95. The molecule has 0 aliphatic carbocycles. The van der Waals surface area contributed by atoms with Crippen LogP contribution >= 0.6 is 0 Å². The summed E-state index contributed by atoms with van der Waals surface area (Å²) in [6, 6.07) is 9.92. The quantitative estimate of drug-likeness (QED) is 0.512. The van der Waals surface area contributed by atoms with E-state index in [0.717, 1.165) is 12.0 Å². The molecule has 1 aromatic rings. The molecular weight excluding hydrogens is 194 g/mol. The maximum Gasteiger partial charge on any atom is 0.0991 e. The molecule has 16 heavy (non-hydrogen) atoms. The van der Waals surface area contributed by atoms with E-state index in [2.05, 4.69) is 25.1 Å². The van der Waals surface area contributed by atoms with Crippen molar-refractivity contribution in [2.45, 2.75) is 39.0 Å². The van der Waals surface area contributed by atoms with Gasteiger partial charge in [-0.05, 0) is 37.0 Å². The smallest absolute Gasteiger partial charge is 0.0991 e. The molecule has 0 heterocycles. The van der Waals surface area contributed by atoms with Crippen LogP contribution in [0.5, 0.6) is 0 Å². The molecule has 84 valence electrons. The molecule has 0 spiro atoms. The molecule has 0 unspecified atom stereocenters. The van der Waals surface area contributed by atoms with E-state index in [9.17, 15) is 0 Å². The summed E-state index contributed by atoms with van der Waals surface area (Å²) in [5.74, 6) is 0. The summed E-state index contributed by atoms with van der Waals surface area (Å²) in [5, 5.41) is 8.66. The van der Waals surface area contributed by atoms with Crippen molar-refractivity contribution in [1.29, 1.82) is 5.26 Å². The average Bonchev–Trinajstić information content (AvgIpc) is 2.34. The zero-order chi connectivity index (χ0) is 11.6. The van der Waals surface area contributed by atoms with E-state index in [-0.39, 0.29) is 0 Å². The lowest BCUT2D eigenvalue weighted by Gasteiger charge is -1.96. The van der Waals surface area contributed by atoms with Crippen LogP contribution in [0, 0.1) is 11.3 Å². The number of benzene rings is 1. The summed E-state index contributed by atoms with van der Waals surface area (Å²) < 4.78 is 0. The fourth-order valence-corrected chi connectivity index (χ4v) is 1.56. The van der Waals surface area contributed by atoms with Crippen LogP contribution in [0.3, 0.4) is 0 Å². The van der Waals surface area contributed by atoms with E-state index >= 15 is 0 Å². The summed E-state index contributed by atoms with van der Waals surface area (Å²) in [6.45, 7) is 2.22. The lowest BCUT2D eigenvalue weighted by atomic mass is 10.1. The van der Waals surface area contributed by atoms with Gasteiger partial charge in [0.2, 0.25) is 0 Å². The van der Waals surface area contributed by atoms with Crippen LogP contribution in [-0.4, -0.2) is 0 Å². The molecule has 0 radical (unpaired) electrons. The molecule has 0 atom stereocenters. The first-order chi connectivity index (χ1) is 7.86. The predicted octanol–water partition coefficient (Wildman–Crippen LogP) is 4.24. The second-order valence-electron chi connectivity index (χ2n) is 3.98. The fourth-order valence-electron chi connectivity index (χ4n) is 1.56. The van der Waals surface area contributed by atoms with E-state index in [1.807, 2.05) is 24.3 Å². The molecule has 0 aliphatic heterocycles. The lowest BCUT2D eigenvalue weighted by molar-refractivity contribution is 0.728. The van der Waals surface area contributed by atoms with E-state index in [0.29, 0.717) is 0 Å². The highest BCUT2D eigenvalue weighted by molar-refractivity contribution is 5.32. The summed E-state index contributed by atoms with van der Waals surface area (Å²) >= 11 is 0. The van der Waals surface area contributed by atoms with Crippen LogP contribution in [0.4, 0.5) is 0 Å². The van der Waals surface area contributed by atoms with Gasteiger partial charge in [-0.15, -0.1) is 0 Å². The zero-order valence-corrected chi connectivity index (χ0v) is 9.95. The van der Waals surface area contributed by atoms with Crippen molar-refractivity contribution in [2.75, 3.05) is 0 Å². The van der Waals surface area contributed by atoms with E-state index in [1.165, 1.54) is 31.2 Å². The Morgan fingerprint density at radius 1 is 1.12 bits per heavy atom. The number of rotatable bonds is 6. The van der Waals surface area contributed by atoms with Gasteiger partial charge in [-0.25, -0.2) is 0 Å². The topological polar surface area (TPSA) is 23.8 Å². The number of nitriles is 1. The van der Waals surface area contributed by atoms with Gasteiger partial charge in [-0.1, -0.05) is 44.1 Å². The molecule has 1 heteroatoms. The molecular formula is C15H19N. The standard InChI is InChI=1S/C15H19N/c1-2-3-4-5-6-7-8-14-9-11-15(13-16)12-10-14/h6-7,9-12H,2-5,8H2,1H3. The Labute approximate surface area is 98.4 Å². The molecule has 0 aliphatic rings. The average molecular weight is 213 g/mol. The monoisotopic (exact) mass is 213 g/mol. The third kappa shape index (κ3) is 4.79. The molecule has 1 nitrogen and oxygen atoms in total. The van der Waals surface area contributed by atoms with Gasteiger partial charge in [0.15, 0.2) is 0 Å². The number of allylic oxidation sites excluding steroid dienone is 2. The first kappa shape index (κ1) is 12.5. The Morgan fingerprint density at radius 2 is 1.88 bits per heavy atom. The van der Waals surface area contributed by atoms with Crippen LogP contribution in [0.2, 0.25) is 0 Å². The van der Waals surface area contributed by atoms with Gasteiger partial charge >= 0.3 is 0 Å². The minimum atomic E-state index is 0.732. The second kappa shape index (κ2) is 7.70. The van der Waals surface area contributed by atoms with Crippen molar-refractivity contribution in [2.24, 2.45) is 0 Å². The summed E-state index contributed by atoms with van der Waals surface area (Å²) in [7, 11) is 0. The van der Waals surface area contributed by atoms with Gasteiger partial charge in [0, 0.05) is 0 Å². The van der Waals surface area contributed by atoms with E-state index < -0.39 is 0 Å². The summed E-state index contributed by atoms with van der Waals surface area (Å²) in [4.78, 5) is 0. The van der Waals surface area contributed by atoms with Gasteiger partial charge in [-0.2, -0.15) is 5.26 Å². The third-order valence-corrected chi connectivity index (χ3v) is 2.58. The molecule has 1 rings (SSSR count). The van der Waals surface area contributed by atoms with Gasteiger partial charge in [0.05, 0.1) is 11.6 Å². The van der Waals surface area contributed by atoms with Crippen molar-refractivity contribution in [1.82, 2.24) is 0 Å². The second-order valence-corrected chi connectivity index (χ2v) is 3.98. The highest BCUT2D eigenvalue weighted by atomic mass is 14.2. The normalized spacial score (nSPS) is 10.5. The van der Waals surface area contributed by atoms with Crippen molar-refractivity contribution >= 4 is 0 Å². The number of hydrogen-bond donors (Lipinski definition) is 0. The van der Waals surface area contributed by atoms with Crippen molar-refractivity contribution < 1.29 is 0 Å². The van der Waals surface area contributed by atoms with Crippen molar-refractivity contribution in [3.63, 3.8) is 0 Å². The van der Waals surface area contributed by atoms with E-state index in [1.54, 1.807) is 0 Å². The highest BCUT2D eigenvalue weighted by Crippen LogP contribution is 2.05. The molecule has 0 bridgehead atoms. The Hall–Kier alpha value is -1.55. The molecule has 1 aromatic carbocycles. The maximum absolute atomic E-state index is 8.66. The van der Waals surface area contributed by atoms with Crippen molar-refractivity contribution in [3.8, 4) is 6.07 Å². The van der Waals surface area contributed by atoms with Crippen molar-refractivity contribution in [3.05, 3.63) is 47.5 Å². The van der Waals surface area contributed by atoms with Crippen LogP contribution in [0.1, 0.15) is 43.7 Å². The molecule has 0 fully saturated rings. The predicted molar refractivity (Wildman–Crippen MR) is 68.1 cm³/mol. The highest BCUT2D eigenvalue weighted by Gasteiger charge is 1.91. The molecule has 0 N–H and O–H groups in total. The van der Waals surface area contributed by atoms with Crippen LogP contribution in [0.25, 0.3) is 0 Å². The minimum Gasteiger partial charge on any atom is -0.192 e. The number of nitrogens with zero attached hydrogens (tertiary/aromatic N) is 1. The fraction of sp³-hybridized carbons (Fsp3) is 0.400. The third-order valence-electron chi connectivity index (χ3n) is 2.58.